The van der Waals surface area contributed by atoms with Crippen LogP contribution in [0.2, 0.25) is 0 Å². The highest BCUT2D eigenvalue weighted by Gasteiger charge is 2.42. The molecule has 5 heteroatoms. The Morgan fingerprint density at radius 3 is 2.47 bits per heavy atom. The quantitative estimate of drug-likeness (QED) is 0.888. The lowest BCUT2D eigenvalue weighted by atomic mass is 9.76. The van der Waals surface area contributed by atoms with Crippen molar-refractivity contribution < 1.29 is 18.6 Å². The first-order valence-electron chi connectivity index (χ1n) is 6.49. The molecule has 19 heavy (non-hydrogen) atoms. The molecule has 1 aliphatic carbocycles. The molecule has 0 aliphatic heterocycles. The molecule has 0 radical (unpaired) electrons. The number of rotatable bonds is 3. The molecule has 2 rings (SSSR count). The molecule has 1 saturated carbocycles. The first kappa shape index (κ1) is 14.1. The summed E-state index contributed by atoms with van der Waals surface area (Å²) < 4.78 is 31.7. The average Bonchev–Trinajstić information content (AvgIpc) is 2.36. The third-order valence-electron chi connectivity index (χ3n) is 3.71. The largest absolute Gasteiger partial charge is 0.504 e. The van der Waals surface area contributed by atoms with Gasteiger partial charge in [0.25, 0.3) is 0 Å². The van der Waals surface area contributed by atoms with Crippen LogP contribution in [0.15, 0.2) is 18.2 Å². The number of hydrogen-bond acceptors (Lipinski definition) is 3. The van der Waals surface area contributed by atoms with Gasteiger partial charge in [-0.25, -0.2) is 8.78 Å². The van der Waals surface area contributed by atoms with Gasteiger partial charge in [0, 0.05) is 18.4 Å². The summed E-state index contributed by atoms with van der Waals surface area (Å²) in [7, 11) is 0. The van der Waals surface area contributed by atoms with Gasteiger partial charge in [-0.2, -0.15) is 0 Å². The van der Waals surface area contributed by atoms with E-state index >= 15 is 0 Å². The lowest BCUT2D eigenvalue weighted by Crippen LogP contribution is -2.43. The molecule has 0 unspecified atom stereocenters. The van der Waals surface area contributed by atoms with Gasteiger partial charge in [0.1, 0.15) is 0 Å². The van der Waals surface area contributed by atoms with Crippen LogP contribution in [0.1, 0.15) is 38.2 Å². The van der Waals surface area contributed by atoms with Crippen molar-refractivity contribution in [3.05, 3.63) is 23.8 Å². The lowest BCUT2D eigenvalue weighted by molar-refractivity contribution is -0.0514. The molecular formula is C14H19F2NO2. The first-order chi connectivity index (χ1) is 8.86. The monoisotopic (exact) mass is 271 g/mol. The standard InChI is InChI=1S/C14H19F2NO2/c1-2-19-12-9-10(3-4-11(12)18)13(17)5-7-14(15,16)8-6-13/h3-4,9,18H,2,5-8,17H2,1H3. The van der Waals surface area contributed by atoms with Crippen molar-refractivity contribution in [3.63, 3.8) is 0 Å². The van der Waals surface area contributed by atoms with Crippen molar-refractivity contribution in [1.82, 2.24) is 0 Å². The van der Waals surface area contributed by atoms with Gasteiger partial charge in [-0.05, 0) is 37.5 Å². The van der Waals surface area contributed by atoms with Crippen LogP contribution in [0.3, 0.4) is 0 Å². The Morgan fingerprint density at radius 2 is 1.89 bits per heavy atom. The molecule has 1 fully saturated rings. The minimum atomic E-state index is -2.61. The average molecular weight is 271 g/mol. The van der Waals surface area contributed by atoms with E-state index in [0.29, 0.717) is 12.4 Å². The predicted molar refractivity (Wildman–Crippen MR) is 68.6 cm³/mol. The second kappa shape index (κ2) is 4.96. The highest BCUT2D eigenvalue weighted by atomic mass is 19.3. The van der Waals surface area contributed by atoms with E-state index in [0.717, 1.165) is 5.56 Å². The molecule has 0 heterocycles. The molecule has 3 nitrogen and oxygen atoms in total. The zero-order valence-corrected chi connectivity index (χ0v) is 11.0. The molecule has 1 aliphatic rings. The molecule has 0 spiro atoms. The smallest absolute Gasteiger partial charge is 0.248 e. The van der Waals surface area contributed by atoms with Crippen molar-refractivity contribution in [1.29, 1.82) is 0 Å². The Morgan fingerprint density at radius 1 is 1.26 bits per heavy atom. The lowest BCUT2D eigenvalue weighted by Gasteiger charge is -2.37. The van der Waals surface area contributed by atoms with E-state index < -0.39 is 11.5 Å². The second-order valence-electron chi connectivity index (χ2n) is 5.13. The molecule has 0 aromatic heterocycles. The van der Waals surface area contributed by atoms with Crippen molar-refractivity contribution in [2.75, 3.05) is 6.61 Å². The summed E-state index contributed by atoms with van der Waals surface area (Å²) in [5.74, 6) is -2.22. The number of benzene rings is 1. The Hall–Kier alpha value is -1.36. The van der Waals surface area contributed by atoms with E-state index in [9.17, 15) is 13.9 Å². The van der Waals surface area contributed by atoms with Gasteiger partial charge in [-0.1, -0.05) is 6.07 Å². The topological polar surface area (TPSA) is 55.5 Å². The maximum atomic E-state index is 13.2. The van der Waals surface area contributed by atoms with E-state index in [1.165, 1.54) is 6.07 Å². The number of halogens is 2. The van der Waals surface area contributed by atoms with Crippen LogP contribution >= 0.6 is 0 Å². The SMILES string of the molecule is CCOc1cc(C2(N)CCC(F)(F)CC2)ccc1O. The third kappa shape index (κ3) is 2.97. The predicted octanol–water partition coefficient (Wildman–Crippen LogP) is 3.15. The summed E-state index contributed by atoms with van der Waals surface area (Å²) in [4.78, 5) is 0. The van der Waals surface area contributed by atoms with Crippen molar-refractivity contribution in [3.8, 4) is 11.5 Å². The minimum Gasteiger partial charge on any atom is -0.504 e. The maximum Gasteiger partial charge on any atom is 0.248 e. The van der Waals surface area contributed by atoms with Crippen LogP contribution in [0.5, 0.6) is 11.5 Å². The van der Waals surface area contributed by atoms with Gasteiger partial charge < -0.3 is 15.6 Å². The van der Waals surface area contributed by atoms with Gasteiger partial charge in [0.15, 0.2) is 11.5 Å². The normalized spacial score (nSPS) is 21.1. The van der Waals surface area contributed by atoms with Gasteiger partial charge in [-0.15, -0.1) is 0 Å². The highest BCUT2D eigenvalue weighted by molar-refractivity contribution is 5.44. The van der Waals surface area contributed by atoms with Crippen LogP contribution in [0.25, 0.3) is 0 Å². The number of nitrogens with two attached hydrogens (primary N) is 1. The second-order valence-corrected chi connectivity index (χ2v) is 5.13. The molecule has 0 atom stereocenters. The number of phenols is 1. The first-order valence-corrected chi connectivity index (χ1v) is 6.49. The summed E-state index contributed by atoms with van der Waals surface area (Å²) in [6.07, 6.45) is 0.0649. The van der Waals surface area contributed by atoms with Crippen LogP contribution < -0.4 is 10.5 Å². The van der Waals surface area contributed by atoms with Crippen molar-refractivity contribution in [2.45, 2.75) is 44.1 Å². The Bertz CT molecular complexity index is 453. The van der Waals surface area contributed by atoms with Gasteiger partial charge in [0.05, 0.1) is 6.61 Å². The minimum absolute atomic E-state index is 0.0374. The Kier molecular flexibility index (Phi) is 3.67. The van der Waals surface area contributed by atoms with Crippen LogP contribution in [-0.2, 0) is 5.54 Å². The third-order valence-corrected chi connectivity index (χ3v) is 3.71. The van der Waals surface area contributed by atoms with Crippen LogP contribution in [0.4, 0.5) is 8.78 Å². The molecular weight excluding hydrogens is 252 g/mol. The molecule has 1 aromatic carbocycles. The summed E-state index contributed by atoms with van der Waals surface area (Å²) in [6.45, 7) is 2.23. The molecule has 3 N–H and O–H groups in total. The van der Waals surface area contributed by atoms with Crippen LogP contribution in [0, 0.1) is 0 Å². The molecule has 106 valence electrons. The van der Waals surface area contributed by atoms with Gasteiger partial charge in [0.2, 0.25) is 5.92 Å². The molecule has 0 bridgehead atoms. The fourth-order valence-corrected chi connectivity index (χ4v) is 2.45. The van der Waals surface area contributed by atoms with E-state index in [2.05, 4.69) is 0 Å². The van der Waals surface area contributed by atoms with E-state index in [4.69, 9.17) is 10.5 Å². The summed E-state index contributed by atoms with van der Waals surface area (Å²) in [5.41, 5.74) is 6.22. The number of phenolic OH excluding ortho intramolecular Hbond substituents is 1. The summed E-state index contributed by atoms with van der Waals surface area (Å²) >= 11 is 0. The highest BCUT2D eigenvalue weighted by Crippen LogP contribution is 2.43. The number of hydrogen-bond donors (Lipinski definition) is 2. The van der Waals surface area contributed by atoms with E-state index in [1.54, 1.807) is 12.1 Å². The zero-order chi connectivity index (χ0) is 14.1. The molecule has 0 saturated heterocycles. The fourth-order valence-electron chi connectivity index (χ4n) is 2.45. The van der Waals surface area contributed by atoms with Crippen LogP contribution in [-0.4, -0.2) is 17.6 Å². The Balaban J connectivity index is 2.24. The maximum absolute atomic E-state index is 13.2. The van der Waals surface area contributed by atoms with Gasteiger partial charge >= 0.3 is 0 Å². The number of alkyl halides is 2. The molecule has 0 amide bonds. The van der Waals surface area contributed by atoms with E-state index in [-0.39, 0.29) is 31.4 Å². The number of aromatic hydroxyl groups is 1. The van der Waals surface area contributed by atoms with E-state index in [1.807, 2.05) is 6.92 Å². The molecule has 1 aromatic rings. The van der Waals surface area contributed by atoms with Gasteiger partial charge in [-0.3, -0.25) is 0 Å². The Labute approximate surface area is 111 Å². The zero-order valence-electron chi connectivity index (χ0n) is 11.0. The number of ether oxygens (including phenoxy) is 1. The summed E-state index contributed by atoms with van der Waals surface area (Å²) in [6, 6.07) is 4.84. The summed E-state index contributed by atoms with van der Waals surface area (Å²) in [5, 5.41) is 9.65. The fraction of sp³-hybridized carbons (Fsp3) is 0.571. The van der Waals surface area contributed by atoms with Crippen molar-refractivity contribution >= 4 is 0 Å². The van der Waals surface area contributed by atoms with Crippen molar-refractivity contribution in [2.24, 2.45) is 5.73 Å².